The lowest BCUT2D eigenvalue weighted by Gasteiger charge is -1.98. The fourth-order valence-electron chi connectivity index (χ4n) is 0.999. The second-order valence-corrected chi connectivity index (χ2v) is 3.56. The topological polar surface area (TPSA) is 76.7 Å². The van der Waals surface area contributed by atoms with Gasteiger partial charge in [-0.05, 0) is 6.92 Å². The van der Waals surface area contributed by atoms with Gasteiger partial charge in [-0.1, -0.05) is 0 Å². The van der Waals surface area contributed by atoms with Gasteiger partial charge in [0, 0.05) is 23.3 Å². The molecule has 2 rings (SSSR count). The zero-order valence-electron chi connectivity index (χ0n) is 7.56. The lowest BCUT2D eigenvalue weighted by molar-refractivity contribution is 1.13. The van der Waals surface area contributed by atoms with Gasteiger partial charge in [0.25, 0.3) is 0 Å². The van der Waals surface area contributed by atoms with Crippen LogP contribution in [0.15, 0.2) is 17.6 Å². The number of nitrogens with zero attached hydrogens (tertiary/aromatic N) is 3. The van der Waals surface area contributed by atoms with Crippen molar-refractivity contribution in [1.82, 2.24) is 15.0 Å². The normalized spacial score (nSPS) is 10.1. The molecule has 0 saturated heterocycles. The summed E-state index contributed by atoms with van der Waals surface area (Å²) >= 11 is 1.52. The molecule has 6 heteroatoms. The minimum Gasteiger partial charge on any atom is -0.308 e. The minimum atomic E-state index is 0.586. The number of hydrazine groups is 1. The number of aromatic nitrogens is 3. The van der Waals surface area contributed by atoms with Gasteiger partial charge < -0.3 is 5.43 Å². The maximum Gasteiger partial charge on any atom is 0.190 e. The van der Waals surface area contributed by atoms with E-state index >= 15 is 0 Å². The van der Waals surface area contributed by atoms with Gasteiger partial charge >= 0.3 is 0 Å². The van der Waals surface area contributed by atoms with Gasteiger partial charge in [-0.3, -0.25) is 0 Å². The molecule has 5 nitrogen and oxygen atoms in total. The molecule has 3 N–H and O–H groups in total. The van der Waals surface area contributed by atoms with Crippen LogP contribution in [0.1, 0.15) is 5.69 Å². The van der Waals surface area contributed by atoms with Crippen LogP contribution in [0.4, 0.5) is 5.82 Å². The summed E-state index contributed by atoms with van der Waals surface area (Å²) in [7, 11) is 0. The molecule has 0 fully saturated rings. The molecule has 72 valence electrons. The van der Waals surface area contributed by atoms with Gasteiger partial charge in [-0.15, -0.1) is 11.3 Å². The van der Waals surface area contributed by atoms with Crippen molar-refractivity contribution in [3.63, 3.8) is 0 Å². The first-order chi connectivity index (χ1) is 6.79. The molecular formula is C8H9N5S. The number of aryl methyl sites for hydroxylation is 1. The molecule has 0 bridgehead atoms. The average molecular weight is 207 g/mol. The van der Waals surface area contributed by atoms with E-state index in [1.165, 1.54) is 11.3 Å². The predicted octanol–water partition coefficient (Wildman–Crippen LogP) is 1.19. The van der Waals surface area contributed by atoms with E-state index in [2.05, 4.69) is 20.4 Å². The molecule has 0 aromatic carbocycles. The molecule has 14 heavy (non-hydrogen) atoms. The van der Waals surface area contributed by atoms with Crippen molar-refractivity contribution in [2.45, 2.75) is 6.92 Å². The van der Waals surface area contributed by atoms with Crippen LogP contribution in [0.5, 0.6) is 0 Å². The Morgan fingerprint density at radius 2 is 2.29 bits per heavy atom. The molecule has 0 aliphatic carbocycles. The molecule has 0 aliphatic heterocycles. The van der Waals surface area contributed by atoms with Crippen molar-refractivity contribution in [3.05, 3.63) is 23.3 Å². The van der Waals surface area contributed by atoms with E-state index in [9.17, 15) is 0 Å². The van der Waals surface area contributed by atoms with Crippen LogP contribution in [0, 0.1) is 6.92 Å². The summed E-state index contributed by atoms with van der Waals surface area (Å²) in [5.74, 6) is 6.43. The van der Waals surface area contributed by atoms with Gasteiger partial charge in [0.05, 0.1) is 0 Å². The number of rotatable bonds is 2. The summed E-state index contributed by atoms with van der Waals surface area (Å²) in [6, 6.07) is 1.70. The maximum atomic E-state index is 5.24. The number of anilines is 1. The highest BCUT2D eigenvalue weighted by atomic mass is 32.1. The molecule has 0 radical (unpaired) electrons. The van der Waals surface area contributed by atoms with Gasteiger partial charge in [0.2, 0.25) is 0 Å². The highest BCUT2D eigenvalue weighted by Crippen LogP contribution is 2.20. The predicted molar refractivity (Wildman–Crippen MR) is 55.7 cm³/mol. The van der Waals surface area contributed by atoms with E-state index in [0.29, 0.717) is 11.6 Å². The minimum absolute atomic E-state index is 0.586. The standard InChI is InChI=1S/C8H9N5S/c1-5-4-14-8(11-5)7-10-3-2-6(12-7)13-9/h2-4H,9H2,1H3,(H,10,12,13). The first-order valence-corrected chi connectivity index (χ1v) is 4.90. The molecule has 2 aromatic heterocycles. The van der Waals surface area contributed by atoms with Gasteiger partial charge in [0.15, 0.2) is 10.8 Å². The van der Waals surface area contributed by atoms with Gasteiger partial charge in [-0.25, -0.2) is 20.8 Å². The van der Waals surface area contributed by atoms with E-state index in [1.807, 2.05) is 12.3 Å². The molecule has 0 atom stereocenters. The molecule has 0 aliphatic rings. The van der Waals surface area contributed by atoms with Crippen LogP contribution in [0.3, 0.4) is 0 Å². The highest BCUT2D eigenvalue weighted by molar-refractivity contribution is 7.13. The zero-order chi connectivity index (χ0) is 9.97. The third-order valence-electron chi connectivity index (χ3n) is 1.61. The van der Waals surface area contributed by atoms with Crippen molar-refractivity contribution >= 4 is 17.2 Å². The van der Waals surface area contributed by atoms with E-state index in [4.69, 9.17) is 5.84 Å². The highest BCUT2D eigenvalue weighted by Gasteiger charge is 2.05. The second kappa shape index (κ2) is 3.69. The van der Waals surface area contributed by atoms with Crippen LogP contribution >= 0.6 is 11.3 Å². The number of thiazole rings is 1. The molecule has 0 spiro atoms. The van der Waals surface area contributed by atoms with Crippen LogP contribution in [0.25, 0.3) is 10.8 Å². The monoisotopic (exact) mass is 207 g/mol. The summed E-state index contributed by atoms with van der Waals surface area (Å²) in [6.07, 6.45) is 1.65. The number of nitrogens with two attached hydrogens (primary N) is 1. The Hall–Kier alpha value is -1.53. The fourth-order valence-corrected chi connectivity index (χ4v) is 1.73. The quantitative estimate of drug-likeness (QED) is 0.571. The Bertz CT molecular complexity index is 439. The third-order valence-corrected chi connectivity index (χ3v) is 2.57. The van der Waals surface area contributed by atoms with E-state index in [-0.39, 0.29) is 0 Å². The average Bonchev–Trinajstić information content (AvgIpc) is 2.65. The van der Waals surface area contributed by atoms with Crippen LogP contribution in [0.2, 0.25) is 0 Å². The Morgan fingerprint density at radius 1 is 1.43 bits per heavy atom. The van der Waals surface area contributed by atoms with Crippen LogP contribution < -0.4 is 11.3 Å². The Balaban J connectivity index is 2.41. The van der Waals surface area contributed by atoms with Crippen LogP contribution in [-0.4, -0.2) is 15.0 Å². The SMILES string of the molecule is Cc1csc(-c2nccc(NN)n2)n1. The van der Waals surface area contributed by atoms with Crippen molar-refractivity contribution < 1.29 is 0 Å². The van der Waals surface area contributed by atoms with Gasteiger partial charge in [0.1, 0.15) is 5.82 Å². The molecule has 0 amide bonds. The molecular weight excluding hydrogens is 198 g/mol. The summed E-state index contributed by atoms with van der Waals surface area (Å²) in [4.78, 5) is 12.6. The molecule has 2 aromatic rings. The first-order valence-electron chi connectivity index (χ1n) is 4.02. The first kappa shape index (κ1) is 9.04. The van der Waals surface area contributed by atoms with E-state index in [1.54, 1.807) is 12.3 Å². The van der Waals surface area contributed by atoms with Crippen molar-refractivity contribution in [2.24, 2.45) is 5.84 Å². The van der Waals surface area contributed by atoms with Gasteiger partial charge in [-0.2, -0.15) is 0 Å². The number of hydrogen-bond donors (Lipinski definition) is 2. The zero-order valence-corrected chi connectivity index (χ0v) is 8.38. The Kier molecular flexibility index (Phi) is 2.38. The van der Waals surface area contributed by atoms with Crippen molar-refractivity contribution in [3.8, 4) is 10.8 Å². The third kappa shape index (κ3) is 1.70. The maximum absolute atomic E-state index is 5.24. The van der Waals surface area contributed by atoms with Crippen LogP contribution in [-0.2, 0) is 0 Å². The molecule has 0 unspecified atom stereocenters. The molecule has 0 saturated carbocycles. The smallest absolute Gasteiger partial charge is 0.190 e. The van der Waals surface area contributed by atoms with E-state index in [0.717, 1.165) is 10.7 Å². The lowest BCUT2D eigenvalue weighted by atomic mass is 10.5. The number of nitrogen functional groups attached to an aromatic ring is 1. The summed E-state index contributed by atoms with van der Waals surface area (Å²) in [5.41, 5.74) is 3.44. The fraction of sp³-hybridized carbons (Fsp3) is 0.125. The largest absolute Gasteiger partial charge is 0.308 e. The van der Waals surface area contributed by atoms with E-state index < -0.39 is 0 Å². The van der Waals surface area contributed by atoms with Crippen molar-refractivity contribution in [1.29, 1.82) is 0 Å². The Morgan fingerprint density at radius 3 is 2.93 bits per heavy atom. The summed E-state index contributed by atoms with van der Waals surface area (Å²) in [5, 5.41) is 2.76. The molecule has 2 heterocycles. The number of nitrogens with one attached hydrogen (secondary N) is 1. The second-order valence-electron chi connectivity index (χ2n) is 2.70. The number of hydrogen-bond acceptors (Lipinski definition) is 6. The summed E-state index contributed by atoms with van der Waals surface area (Å²) < 4.78 is 0. The van der Waals surface area contributed by atoms with Crippen molar-refractivity contribution in [2.75, 3.05) is 5.43 Å². The Labute approximate surface area is 85.0 Å². The summed E-state index contributed by atoms with van der Waals surface area (Å²) in [6.45, 7) is 1.94. The lowest BCUT2D eigenvalue weighted by Crippen LogP contribution is -2.08.